The monoisotopic (exact) mass is 246 g/mol. The van der Waals surface area contributed by atoms with Gasteiger partial charge in [0, 0.05) is 34.1 Å². The molecule has 0 aliphatic rings. The molecule has 90 valence electrons. The number of H-pyrrole nitrogens is 1. The molecule has 3 nitrogen and oxygen atoms in total. The Hall–Kier alpha value is -2.68. The van der Waals surface area contributed by atoms with Crippen molar-refractivity contribution in [3.63, 3.8) is 0 Å². The Morgan fingerprint density at radius 1 is 0.895 bits per heavy atom. The van der Waals surface area contributed by atoms with Crippen molar-refractivity contribution < 1.29 is 0 Å². The number of nitrogens with one attached hydrogen (secondary N) is 1. The molecular weight excluding hydrogens is 236 g/mol. The molecule has 0 amide bonds. The molecule has 0 aliphatic carbocycles. The molecule has 0 radical (unpaired) electrons. The highest BCUT2D eigenvalue weighted by Crippen LogP contribution is 2.24. The molecular formula is C16H10N2O. The smallest absolute Gasteiger partial charge is 0.189 e. The number of hydrogen-bond donors (Lipinski definition) is 1. The number of benzene rings is 2. The molecule has 0 spiro atoms. The Kier molecular flexibility index (Phi) is 1.97. The van der Waals surface area contributed by atoms with E-state index in [1.165, 1.54) is 6.07 Å². The van der Waals surface area contributed by atoms with Crippen molar-refractivity contribution in [3.8, 4) is 0 Å². The van der Waals surface area contributed by atoms with Crippen LogP contribution in [-0.2, 0) is 0 Å². The van der Waals surface area contributed by atoms with Crippen molar-refractivity contribution in [2.45, 2.75) is 0 Å². The molecule has 0 bridgehead atoms. The zero-order valence-corrected chi connectivity index (χ0v) is 10.1. The average molecular weight is 246 g/mol. The van der Waals surface area contributed by atoms with Gasteiger partial charge < -0.3 is 4.98 Å². The number of aromatic nitrogens is 2. The summed E-state index contributed by atoms with van der Waals surface area (Å²) in [6, 6.07) is 15.4. The molecule has 2 aromatic carbocycles. The Bertz CT molecular complexity index is 986. The Morgan fingerprint density at radius 3 is 2.74 bits per heavy atom. The van der Waals surface area contributed by atoms with Gasteiger partial charge in [-0.25, -0.2) is 0 Å². The van der Waals surface area contributed by atoms with Crippen LogP contribution in [0.3, 0.4) is 0 Å². The van der Waals surface area contributed by atoms with E-state index >= 15 is 0 Å². The summed E-state index contributed by atoms with van der Waals surface area (Å²) in [7, 11) is 0. The number of fused-ring (bicyclic) bond motifs is 4. The first-order valence-corrected chi connectivity index (χ1v) is 6.12. The van der Waals surface area contributed by atoms with E-state index in [1.807, 2.05) is 36.4 Å². The van der Waals surface area contributed by atoms with Gasteiger partial charge in [-0.15, -0.1) is 0 Å². The quantitative estimate of drug-likeness (QED) is 0.382. The second-order valence-corrected chi connectivity index (χ2v) is 4.59. The van der Waals surface area contributed by atoms with Gasteiger partial charge in [-0.1, -0.05) is 18.2 Å². The predicted molar refractivity (Wildman–Crippen MR) is 77.4 cm³/mol. The first-order valence-electron chi connectivity index (χ1n) is 6.12. The maximum absolute atomic E-state index is 11.8. The third kappa shape index (κ3) is 1.45. The second-order valence-electron chi connectivity index (χ2n) is 4.59. The van der Waals surface area contributed by atoms with Gasteiger partial charge in [0.05, 0.1) is 5.52 Å². The number of rotatable bonds is 0. The van der Waals surface area contributed by atoms with Crippen LogP contribution >= 0.6 is 0 Å². The molecule has 3 heteroatoms. The van der Waals surface area contributed by atoms with E-state index in [2.05, 4.69) is 16.0 Å². The number of aromatic amines is 1. The standard InChI is InChI=1S/C16H10N2O/c19-15-7-8-17-16-11(15)5-6-14-12(16)9-10-3-1-2-4-13(10)18-14/h1-9,18H. The van der Waals surface area contributed by atoms with E-state index < -0.39 is 0 Å². The Morgan fingerprint density at radius 2 is 1.79 bits per heavy atom. The van der Waals surface area contributed by atoms with E-state index in [9.17, 15) is 4.79 Å². The van der Waals surface area contributed by atoms with Crippen LogP contribution < -0.4 is 5.43 Å². The van der Waals surface area contributed by atoms with Gasteiger partial charge in [0.2, 0.25) is 0 Å². The zero-order valence-electron chi connectivity index (χ0n) is 10.1. The highest BCUT2D eigenvalue weighted by Gasteiger charge is 2.05. The third-order valence-electron chi connectivity index (χ3n) is 3.44. The molecule has 4 aromatic rings. The summed E-state index contributed by atoms with van der Waals surface area (Å²) < 4.78 is 0. The van der Waals surface area contributed by atoms with E-state index in [-0.39, 0.29) is 5.43 Å². The Labute approximate surface area is 108 Å². The van der Waals surface area contributed by atoms with Crippen LogP contribution in [0.2, 0.25) is 0 Å². The summed E-state index contributed by atoms with van der Waals surface area (Å²) in [5, 5.41) is 2.76. The van der Waals surface area contributed by atoms with Crippen molar-refractivity contribution in [1.82, 2.24) is 9.97 Å². The van der Waals surface area contributed by atoms with Gasteiger partial charge in [-0.2, -0.15) is 0 Å². The average Bonchev–Trinajstić information content (AvgIpc) is 2.45. The van der Waals surface area contributed by atoms with E-state index in [0.29, 0.717) is 5.39 Å². The lowest BCUT2D eigenvalue weighted by molar-refractivity contribution is 1.40. The molecule has 4 rings (SSSR count). The van der Waals surface area contributed by atoms with Crippen LogP contribution in [0, 0.1) is 0 Å². The topological polar surface area (TPSA) is 45.8 Å². The summed E-state index contributed by atoms with van der Waals surface area (Å²) in [5.41, 5.74) is 2.84. The van der Waals surface area contributed by atoms with Crippen molar-refractivity contribution in [1.29, 1.82) is 0 Å². The summed E-state index contributed by atoms with van der Waals surface area (Å²) >= 11 is 0. The fraction of sp³-hybridized carbons (Fsp3) is 0. The Balaban J connectivity index is 2.29. The minimum Gasteiger partial charge on any atom is -0.354 e. The van der Waals surface area contributed by atoms with E-state index in [4.69, 9.17) is 0 Å². The summed E-state index contributed by atoms with van der Waals surface area (Å²) in [5.74, 6) is 0. The molecule has 19 heavy (non-hydrogen) atoms. The van der Waals surface area contributed by atoms with Gasteiger partial charge in [0.25, 0.3) is 0 Å². The van der Waals surface area contributed by atoms with Crippen LogP contribution in [0.4, 0.5) is 0 Å². The number of nitrogens with zero attached hydrogens (tertiary/aromatic N) is 1. The molecule has 0 saturated heterocycles. The molecule has 0 saturated carbocycles. The predicted octanol–water partition coefficient (Wildman–Crippen LogP) is 3.23. The third-order valence-corrected chi connectivity index (χ3v) is 3.44. The van der Waals surface area contributed by atoms with Crippen LogP contribution in [-0.4, -0.2) is 9.97 Å². The lowest BCUT2D eigenvalue weighted by atomic mass is 10.1. The van der Waals surface area contributed by atoms with Crippen molar-refractivity contribution in [2.75, 3.05) is 0 Å². The zero-order chi connectivity index (χ0) is 12.8. The van der Waals surface area contributed by atoms with Gasteiger partial charge in [-0.3, -0.25) is 9.78 Å². The lowest BCUT2D eigenvalue weighted by Gasteiger charge is -2.05. The summed E-state index contributed by atoms with van der Waals surface area (Å²) in [6.07, 6.45) is 1.57. The highest BCUT2D eigenvalue weighted by molar-refractivity contribution is 6.07. The van der Waals surface area contributed by atoms with E-state index in [0.717, 1.165) is 27.3 Å². The fourth-order valence-corrected chi connectivity index (χ4v) is 2.51. The van der Waals surface area contributed by atoms with Crippen LogP contribution in [0.1, 0.15) is 0 Å². The number of pyridine rings is 2. The maximum atomic E-state index is 11.8. The molecule has 1 N–H and O–H groups in total. The van der Waals surface area contributed by atoms with Gasteiger partial charge in [0.15, 0.2) is 5.43 Å². The van der Waals surface area contributed by atoms with Crippen LogP contribution in [0.15, 0.2) is 59.5 Å². The molecule has 2 aromatic heterocycles. The number of para-hydroxylation sites is 1. The van der Waals surface area contributed by atoms with Crippen molar-refractivity contribution in [3.05, 3.63) is 65.0 Å². The SMILES string of the molecule is O=c1ccnc2c1ccc1[nH]c3ccccc3cc12. The van der Waals surface area contributed by atoms with Gasteiger partial charge in [-0.05, 0) is 29.7 Å². The normalized spacial score (nSPS) is 11.4. The summed E-state index contributed by atoms with van der Waals surface area (Å²) in [6.45, 7) is 0. The highest BCUT2D eigenvalue weighted by atomic mass is 16.1. The minimum absolute atomic E-state index is 0.0139. The van der Waals surface area contributed by atoms with Gasteiger partial charge in [0.1, 0.15) is 0 Å². The molecule has 0 unspecified atom stereocenters. The maximum Gasteiger partial charge on any atom is 0.189 e. The summed E-state index contributed by atoms with van der Waals surface area (Å²) in [4.78, 5) is 19.6. The fourth-order valence-electron chi connectivity index (χ4n) is 2.51. The first-order chi connectivity index (χ1) is 9.33. The lowest BCUT2D eigenvalue weighted by Crippen LogP contribution is -2.00. The number of hydrogen-bond acceptors (Lipinski definition) is 2. The first kappa shape index (κ1) is 10.3. The minimum atomic E-state index is 0.0139. The molecule has 0 aliphatic heterocycles. The molecule has 2 heterocycles. The van der Waals surface area contributed by atoms with Gasteiger partial charge >= 0.3 is 0 Å². The molecule has 0 atom stereocenters. The van der Waals surface area contributed by atoms with Crippen LogP contribution in [0.5, 0.6) is 0 Å². The van der Waals surface area contributed by atoms with Crippen LogP contribution in [0.25, 0.3) is 32.7 Å². The van der Waals surface area contributed by atoms with Crippen molar-refractivity contribution >= 4 is 32.7 Å². The largest absolute Gasteiger partial charge is 0.354 e. The second kappa shape index (κ2) is 3.65. The van der Waals surface area contributed by atoms with E-state index in [1.54, 1.807) is 6.20 Å². The molecule has 0 fully saturated rings. The van der Waals surface area contributed by atoms with Crippen molar-refractivity contribution in [2.24, 2.45) is 0 Å².